The Morgan fingerprint density at radius 2 is 0.979 bits per heavy atom. The highest BCUT2D eigenvalue weighted by Gasteiger charge is 2.20. The molecule has 47 heavy (non-hydrogen) atoms. The normalized spacial score (nSPS) is 11.5. The zero-order valence-electron chi connectivity index (χ0n) is 25.2. The van der Waals surface area contributed by atoms with Gasteiger partial charge in [-0.05, 0) is 84.9 Å². The lowest BCUT2D eigenvalue weighted by molar-refractivity contribution is 0.669. The number of anilines is 6. The largest absolute Gasteiger partial charge is 0.456 e. The molecule has 0 atom stereocenters. The summed E-state index contributed by atoms with van der Waals surface area (Å²) in [5.41, 5.74) is 7.98. The number of halogens is 1. The Morgan fingerprint density at radius 1 is 0.404 bits per heavy atom. The average molecular weight is 643 g/mol. The van der Waals surface area contributed by atoms with E-state index < -0.39 is 0 Å². The third kappa shape index (κ3) is 4.81. The molecule has 7 aromatic carbocycles. The van der Waals surface area contributed by atoms with Crippen LogP contribution in [0.15, 0.2) is 168 Å². The van der Waals surface area contributed by atoms with Gasteiger partial charge in [-0.3, -0.25) is 0 Å². The predicted molar refractivity (Wildman–Crippen MR) is 201 cm³/mol. The molecular formula is C42H27ClN2OS. The number of para-hydroxylation sites is 3. The van der Waals surface area contributed by atoms with Gasteiger partial charge < -0.3 is 14.2 Å². The summed E-state index contributed by atoms with van der Waals surface area (Å²) in [7, 11) is 0. The number of benzene rings is 7. The van der Waals surface area contributed by atoms with E-state index in [1.54, 1.807) is 11.3 Å². The number of fused-ring (bicyclic) bond motifs is 6. The molecule has 5 heteroatoms. The van der Waals surface area contributed by atoms with Crippen molar-refractivity contribution in [2.75, 3.05) is 9.80 Å². The molecule has 2 aromatic heterocycles. The van der Waals surface area contributed by atoms with Gasteiger partial charge in [0.15, 0.2) is 0 Å². The van der Waals surface area contributed by atoms with Gasteiger partial charge in [0, 0.05) is 71.1 Å². The second-order valence-electron chi connectivity index (χ2n) is 11.5. The SMILES string of the molecule is Clc1cc(N(c2ccccc2)c2ccc3c(c2)oc2ccc(N(c4ccccc4)c4ccccc4)cc23)cc2sc3ccccc3c12. The molecule has 0 saturated carbocycles. The number of rotatable bonds is 6. The van der Waals surface area contributed by atoms with E-state index in [9.17, 15) is 0 Å². The van der Waals surface area contributed by atoms with E-state index in [1.807, 2.05) is 18.2 Å². The third-order valence-corrected chi connectivity index (χ3v) is 10.1. The minimum Gasteiger partial charge on any atom is -0.456 e. The van der Waals surface area contributed by atoms with Gasteiger partial charge in [0.2, 0.25) is 0 Å². The van der Waals surface area contributed by atoms with Crippen molar-refractivity contribution in [3.8, 4) is 0 Å². The van der Waals surface area contributed by atoms with Gasteiger partial charge >= 0.3 is 0 Å². The van der Waals surface area contributed by atoms with Crippen molar-refractivity contribution in [2.24, 2.45) is 0 Å². The van der Waals surface area contributed by atoms with Crippen molar-refractivity contribution in [3.63, 3.8) is 0 Å². The summed E-state index contributed by atoms with van der Waals surface area (Å²) in [4.78, 5) is 4.53. The maximum absolute atomic E-state index is 7.04. The van der Waals surface area contributed by atoms with Crippen LogP contribution in [0.25, 0.3) is 42.1 Å². The van der Waals surface area contributed by atoms with E-state index in [0.717, 1.165) is 71.2 Å². The van der Waals surface area contributed by atoms with Gasteiger partial charge in [0.1, 0.15) is 11.2 Å². The molecule has 3 nitrogen and oxygen atoms in total. The van der Waals surface area contributed by atoms with Gasteiger partial charge in [-0.15, -0.1) is 11.3 Å². The molecule has 0 aliphatic carbocycles. The molecule has 0 amide bonds. The van der Waals surface area contributed by atoms with Gasteiger partial charge in [0.25, 0.3) is 0 Å². The number of hydrogen-bond acceptors (Lipinski definition) is 4. The van der Waals surface area contributed by atoms with Gasteiger partial charge in [-0.25, -0.2) is 0 Å². The highest BCUT2D eigenvalue weighted by atomic mass is 35.5. The fourth-order valence-corrected chi connectivity index (χ4v) is 8.11. The second-order valence-corrected chi connectivity index (χ2v) is 13.0. The van der Waals surface area contributed by atoms with Crippen LogP contribution in [0.1, 0.15) is 0 Å². The summed E-state index contributed by atoms with van der Waals surface area (Å²) >= 11 is 8.81. The molecule has 0 N–H and O–H groups in total. The van der Waals surface area contributed by atoms with Crippen molar-refractivity contribution in [3.05, 3.63) is 169 Å². The van der Waals surface area contributed by atoms with Crippen LogP contribution in [0.2, 0.25) is 5.02 Å². The highest BCUT2D eigenvalue weighted by molar-refractivity contribution is 7.26. The molecule has 0 spiro atoms. The van der Waals surface area contributed by atoms with Crippen LogP contribution >= 0.6 is 22.9 Å². The van der Waals surface area contributed by atoms with Crippen LogP contribution in [0.4, 0.5) is 34.1 Å². The standard InChI is InChI=1S/C42H27ClN2OS/c43-37-25-33(27-41-42(37)35-18-10-11-19-40(35)47-41)45(30-16-8-3-9-17-30)32-20-22-34-36-24-31(21-23-38(36)46-39(34)26-32)44(28-12-4-1-5-13-28)29-14-6-2-7-15-29/h1-27H. The third-order valence-electron chi connectivity index (χ3n) is 8.67. The Bertz CT molecular complexity index is 2500. The molecule has 0 unspecified atom stereocenters. The van der Waals surface area contributed by atoms with Crippen molar-refractivity contribution >= 4 is 99.2 Å². The summed E-state index contributed by atoms with van der Waals surface area (Å²) < 4.78 is 8.92. The average Bonchev–Trinajstić information content (AvgIpc) is 3.68. The zero-order valence-corrected chi connectivity index (χ0v) is 26.7. The molecule has 0 saturated heterocycles. The van der Waals surface area contributed by atoms with E-state index in [4.69, 9.17) is 16.0 Å². The van der Waals surface area contributed by atoms with Crippen LogP contribution in [0.3, 0.4) is 0 Å². The molecule has 0 radical (unpaired) electrons. The fraction of sp³-hybridized carbons (Fsp3) is 0. The number of nitrogens with zero attached hydrogens (tertiary/aromatic N) is 2. The van der Waals surface area contributed by atoms with Crippen LogP contribution in [-0.4, -0.2) is 0 Å². The monoisotopic (exact) mass is 642 g/mol. The van der Waals surface area contributed by atoms with Crippen molar-refractivity contribution < 1.29 is 4.42 Å². The molecule has 0 aliphatic heterocycles. The summed E-state index contributed by atoms with van der Waals surface area (Å²) in [6.45, 7) is 0. The Morgan fingerprint density at radius 3 is 1.66 bits per heavy atom. The van der Waals surface area contributed by atoms with Crippen LogP contribution in [0, 0.1) is 0 Å². The van der Waals surface area contributed by atoms with E-state index in [0.29, 0.717) is 0 Å². The topological polar surface area (TPSA) is 19.6 Å². The summed E-state index contributed by atoms with van der Waals surface area (Å²) in [5.74, 6) is 0. The van der Waals surface area contributed by atoms with Crippen LogP contribution < -0.4 is 9.80 Å². The molecule has 0 fully saturated rings. The van der Waals surface area contributed by atoms with Gasteiger partial charge in [-0.1, -0.05) is 84.4 Å². The molecule has 224 valence electrons. The minimum absolute atomic E-state index is 0.745. The summed E-state index contributed by atoms with van der Waals surface area (Å²) in [5, 5.41) is 5.18. The highest BCUT2D eigenvalue weighted by Crippen LogP contribution is 2.45. The first-order chi connectivity index (χ1) is 23.2. The maximum Gasteiger partial charge on any atom is 0.137 e. The molecular weight excluding hydrogens is 616 g/mol. The Hall–Kier alpha value is -5.55. The lowest BCUT2D eigenvalue weighted by Crippen LogP contribution is -2.09. The number of hydrogen-bond donors (Lipinski definition) is 0. The first kappa shape index (κ1) is 27.7. The number of thiophene rings is 1. The minimum atomic E-state index is 0.745. The fourth-order valence-electron chi connectivity index (χ4n) is 6.58. The van der Waals surface area contributed by atoms with Gasteiger partial charge in [-0.2, -0.15) is 0 Å². The first-order valence-corrected chi connectivity index (χ1v) is 16.7. The summed E-state index contributed by atoms with van der Waals surface area (Å²) in [6, 6.07) is 57.0. The van der Waals surface area contributed by atoms with E-state index in [2.05, 4.69) is 155 Å². The Kier molecular flexibility index (Phi) is 6.70. The lowest BCUT2D eigenvalue weighted by Gasteiger charge is -2.26. The molecule has 0 aliphatic rings. The lowest BCUT2D eigenvalue weighted by atomic mass is 10.1. The van der Waals surface area contributed by atoms with Crippen LogP contribution in [-0.2, 0) is 0 Å². The Labute approximate surface area is 281 Å². The van der Waals surface area contributed by atoms with Gasteiger partial charge in [0.05, 0.1) is 5.02 Å². The van der Waals surface area contributed by atoms with Crippen molar-refractivity contribution in [1.29, 1.82) is 0 Å². The molecule has 9 rings (SSSR count). The van der Waals surface area contributed by atoms with Crippen LogP contribution in [0.5, 0.6) is 0 Å². The zero-order chi connectivity index (χ0) is 31.3. The predicted octanol–water partition coefficient (Wildman–Crippen LogP) is 13.5. The number of furan rings is 1. The molecule has 2 heterocycles. The molecule has 0 bridgehead atoms. The quantitative estimate of drug-likeness (QED) is 0.180. The maximum atomic E-state index is 7.04. The smallest absolute Gasteiger partial charge is 0.137 e. The van der Waals surface area contributed by atoms with Crippen molar-refractivity contribution in [2.45, 2.75) is 0 Å². The second kappa shape index (κ2) is 11.4. The Balaban J connectivity index is 1.19. The van der Waals surface area contributed by atoms with E-state index in [-0.39, 0.29) is 0 Å². The van der Waals surface area contributed by atoms with Crippen molar-refractivity contribution in [1.82, 2.24) is 0 Å². The molecule has 9 aromatic rings. The first-order valence-electron chi connectivity index (χ1n) is 15.5. The summed E-state index contributed by atoms with van der Waals surface area (Å²) in [6.07, 6.45) is 0. The van der Waals surface area contributed by atoms with E-state index in [1.165, 1.54) is 10.1 Å². The van der Waals surface area contributed by atoms with E-state index >= 15 is 0 Å².